The minimum Gasteiger partial charge on any atom is -0.370 e. The predicted molar refractivity (Wildman–Crippen MR) is 87.5 cm³/mol. The fourth-order valence-corrected chi connectivity index (χ4v) is 2.42. The third-order valence-corrected chi connectivity index (χ3v) is 3.71. The normalized spacial score (nSPS) is 11.2. The summed E-state index contributed by atoms with van der Waals surface area (Å²) >= 11 is 1.68. The van der Waals surface area contributed by atoms with Crippen LogP contribution in [0.4, 0.5) is 10.1 Å². The van der Waals surface area contributed by atoms with Gasteiger partial charge in [-0.2, -0.15) is 0 Å². The second-order valence-electron chi connectivity index (χ2n) is 4.51. The van der Waals surface area contributed by atoms with Crippen molar-refractivity contribution >= 4 is 28.9 Å². The Morgan fingerprint density at radius 1 is 1.27 bits per heavy atom. The van der Waals surface area contributed by atoms with Crippen molar-refractivity contribution in [2.75, 3.05) is 18.4 Å². The highest BCUT2D eigenvalue weighted by Gasteiger charge is 2.02. The molecule has 0 saturated carbocycles. The van der Waals surface area contributed by atoms with Gasteiger partial charge in [0.2, 0.25) is 5.91 Å². The van der Waals surface area contributed by atoms with E-state index in [1.165, 1.54) is 29.1 Å². The average Bonchev–Trinajstić information content (AvgIpc) is 3.01. The molecule has 1 aromatic heterocycles. The van der Waals surface area contributed by atoms with Crippen molar-refractivity contribution in [2.24, 2.45) is 10.7 Å². The van der Waals surface area contributed by atoms with Crippen LogP contribution in [-0.2, 0) is 11.2 Å². The molecule has 0 fully saturated rings. The highest BCUT2D eigenvalue weighted by Crippen LogP contribution is 2.08. The van der Waals surface area contributed by atoms with E-state index in [1.807, 2.05) is 11.4 Å². The number of nitrogens with one attached hydrogen (secondary N) is 2. The van der Waals surface area contributed by atoms with Gasteiger partial charge in [-0.05, 0) is 42.1 Å². The lowest BCUT2D eigenvalue weighted by atomic mass is 10.3. The van der Waals surface area contributed by atoms with Crippen molar-refractivity contribution in [3.8, 4) is 0 Å². The summed E-state index contributed by atoms with van der Waals surface area (Å²) < 4.78 is 12.7. The number of guanidine groups is 1. The number of nitrogens with zero attached hydrogens (tertiary/aromatic N) is 1. The van der Waals surface area contributed by atoms with Crippen molar-refractivity contribution in [3.05, 3.63) is 52.5 Å². The van der Waals surface area contributed by atoms with Crippen LogP contribution < -0.4 is 16.4 Å². The standard InChI is InChI=1S/C15H17FN4OS/c16-11-3-5-12(6-4-11)20-14(21)10-19-15(17)18-8-7-13-2-1-9-22-13/h1-6,9H,7-8,10H2,(H,20,21)(H3,17,18,19). The van der Waals surface area contributed by atoms with Crippen molar-refractivity contribution in [3.63, 3.8) is 0 Å². The lowest BCUT2D eigenvalue weighted by molar-refractivity contribution is -0.114. The maximum absolute atomic E-state index is 12.7. The van der Waals surface area contributed by atoms with E-state index in [0.717, 1.165) is 6.42 Å². The third kappa shape index (κ3) is 5.53. The second-order valence-corrected chi connectivity index (χ2v) is 5.54. The lowest BCUT2D eigenvalue weighted by Crippen LogP contribution is -2.34. The van der Waals surface area contributed by atoms with Gasteiger partial charge < -0.3 is 16.4 Å². The summed E-state index contributed by atoms with van der Waals surface area (Å²) in [5.41, 5.74) is 6.21. The average molecular weight is 320 g/mol. The SMILES string of the molecule is NC(=NCC(=O)Nc1ccc(F)cc1)NCCc1cccs1. The number of carbonyl (C=O) groups is 1. The number of anilines is 1. The topological polar surface area (TPSA) is 79.5 Å². The van der Waals surface area contributed by atoms with Crippen LogP contribution in [0.1, 0.15) is 4.88 Å². The molecule has 116 valence electrons. The molecule has 0 aliphatic heterocycles. The zero-order chi connectivity index (χ0) is 15.8. The Morgan fingerprint density at radius 2 is 2.05 bits per heavy atom. The first-order valence-corrected chi connectivity index (χ1v) is 7.63. The highest BCUT2D eigenvalue weighted by atomic mass is 32.1. The van der Waals surface area contributed by atoms with E-state index >= 15 is 0 Å². The lowest BCUT2D eigenvalue weighted by Gasteiger charge is -2.05. The molecule has 0 bridgehead atoms. The maximum Gasteiger partial charge on any atom is 0.246 e. The molecule has 0 aliphatic rings. The Labute approximate surface area is 132 Å². The largest absolute Gasteiger partial charge is 0.370 e. The van der Waals surface area contributed by atoms with Gasteiger partial charge in [0.1, 0.15) is 12.4 Å². The predicted octanol–water partition coefficient (Wildman–Crippen LogP) is 1.97. The Hall–Kier alpha value is -2.41. The van der Waals surface area contributed by atoms with Crippen LogP contribution in [0.5, 0.6) is 0 Å². The van der Waals surface area contributed by atoms with Crippen LogP contribution in [0.15, 0.2) is 46.8 Å². The van der Waals surface area contributed by atoms with E-state index in [0.29, 0.717) is 12.2 Å². The molecule has 0 atom stereocenters. The van der Waals surface area contributed by atoms with Gasteiger partial charge in [-0.3, -0.25) is 4.79 Å². The number of hydrogen-bond acceptors (Lipinski definition) is 3. The number of aliphatic imine (C=N–C) groups is 1. The molecule has 0 aliphatic carbocycles. The molecule has 4 N–H and O–H groups in total. The number of rotatable bonds is 6. The van der Waals surface area contributed by atoms with E-state index in [-0.39, 0.29) is 24.2 Å². The first-order valence-electron chi connectivity index (χ1n) is 6.75. The van der Waals surface area contributed by atoms with Crippen LogP contribution in [0.25, 0.3) is 0 Å². The molecule has 1 heterocycles. The number of hydrogen-bond donors (Lipinski definition) is 3. The minimum atomic E-state index is -0.352. The first-order chi connectivity index (χ1) is 10.6. The van der Waals surface area contributed by atoms with Crippen molar-refractivity contribution in [2.45, 2.75) is 6.42 Å². The summed E-state index contributed by atoms with van der Waals surface area (Å²) in [7, 11) is 0. The monoisotopic (exact) mass is 320 g/mol. The molecule has 7 heteroatoms. The van der Waals surface area contributed by atoms with Crippen LogP contribution in [0.3, 0.4) is 0 Å². The van der Waals surface area contributed by atoms with Gasteiger partial charge in [0.05, 0.1) is 0 Å². The highest BCUT2D eigenvalue weighted by molar-refractivity contribution is 7.09. The van der Waals surface area contributed by atoms with Gasteiger partial charge in [-0.25, -0.2) is 9.38 Å². The number of benzene rings is 1. The minimum absolute atomic E-state index is 0.0881. The summed E-state index contributed by atoms with van der Waals surface area (Å²) in [5.74, 6) is -0.435. The Bertz CT molecular complexity index is 626. The summed E-state index contributed by atoms with van der Waals surface area (Å²) in [6, 6.07) is 9.57. The molecule has 2 rings (SSSR count). The maximum atomic E-state index is 12.7. The van der Waals surface area contributed by atoms with Gasteiger partial charge >= 0.3 is 0 Å². The molecule has 0 unspecified atom stereocenters. The molecule has 1 amide bonds. The molecular formula is C15H17FN4OS. The van der Waals surface area contributed by atoms with Crippen LogP contribution in [-0.4, -0.2) is 25.0 Å². The Kier molecular flexibility index (Phi) is 5.91. The van der Waals surface area contributed by atoms with E-state index in [4.69, 9.17) is 5.73 Å². The Balaban J connectivity index is 1.70. The zero-order valence-corrected chi connectivity index (χ0v) is 12.7. The van der Waals surface area contributed by atoms with Gasteiger partial charge in [0.25, 0.3) is 0 Å². The van der Waals surface area contributed by atoms with Gasteiger partial charge in [-0.1, -0.05) is 6.07 Å². The number of nitrogens with two attached hydrogens (primary N) is 1. The molecule has 0 saturated heterocycles. The molecule has 0 spiro atoms. The molecule has 5 nitrogen and oxygen atoms in total. The van der Waals surface area contributed by atoms with Gasteiger partial charge in [-0.15, -0.1) is 11.3 Å². The molecule has 22 heavy (non-hydrogen) atoms. The van der Waals surface area contributed by atoms with Crippen LogP contribution >= 0.6 is 11.3 Å². The Morgan fingerprint density at radius 3 is 2.73 bits per heavy atom. The first kappa shape index (κ1) is 16.0. The fourth-order valence-electron chi connectivity index (χ4n) is 1.72. The number of carbonyl (C=O) groups excluding carboxylic acids is 1. The van der Waals surface area contributed by atoms with Gasteiger partial charge in [0, 0.05) is 17.1 Å². The van der Waals surface area contributed by atoms with Crippen molar-refractivity contribution < 1.29 is 9.18 Å². The van der Waals surface area contributed by atoms with E-state index < -0.39 is 0 Å². The summed E-state index contributed by atoms with van der Waals surface area (Å²) in [6.45, 7) is 0.574. The van der Waals surface area contributed by atoms with E-state index in [2.05, 4.69) is 21.7 Å². The summed E-state index contributed by atoms with van der Waals surface area (Å²) in [6.07, 6.45) is 0.857. The fraction of sp³-hybridized carbons (Fsp3) is 0.200. The van der Waals surface area contributed by atoms with Crippen LogP contribution in [0, 0.1) is 5.82 Å². The van der Waals surface area contributed by atoms with Gasteiger partial charge in [0.15, 0.2) is 5.96 Å². The molecular weight excluding hydrogens is 303 g/mol. The quantitative estimate of drug-likeness (QED) is 0.562. The van der Waals surface area contributed by atoms with Crippen LogP contribution in [0.2, 0.25) is 0 Å². The third-order valence-electron chi connectivity index (χ3n) is 2.78. The molecule has 1 aromatic carbocycles. The van der Waals surface area contributed by atoms with E-state index in [9.17, 15) is 9.18 Å². The summed E-state index contributed by atoms with van der Waals surface area (Å²) in [5, 5.41) is 7.58. The second kappa shape index (κ2) is 8.14. The summed E-state index contributed by atoms with van der Waals surface area (Å²) in [4.78, 5) is 16.9. The number of halogens is 1. The van der Waals surface area contributed by atoms with E-state index in [1.54, 1.807) is 11.3 Å². The number of amides is 1. The zero-order valence-electron chi connectivity index (χ0n) is 11.9. The smallest absolute Gasteiger partial charge is 0.246 e. The molecule has 0 radical (unpaired) electrons. The van der Waals surface area contributed by atoms with Crippen molar-refractivity contribution in [1.29, 1.82) is 0 Å². The molecule has 2 aromatic rings. The number of thiophene rings is 1. The van der Waals surface area contributed by atoms with Crippen molar-refractivity contribution in [1.82, 2.24) is 5.32 Å².